The summed E-state index contributed by atoms with van der Waals surface area (Å²) < 4.78 is 5.61. The number of ketones is 1. The second-order valence-corrected chi connectivity index (χ2v) is 5.44. The number of hydrogen-bond acceptors (Lipinski definition) is 2. The maximum atomic E-state index is 12.0. The van der Waals surface area contributed by atoms with Crippen LogP contribution in [0.15, 0.2) is 30.3 Å². The van der Waals surface area contributed by atoms with E-state index < -0.39 is 0 Å². The van der Waals surface area contributed by atoms with E-state index in [0.717, 1.165) is 19.3 Å². The molecular formula is C17H24O2. The lowest BCUT2D eigenvalue weighted by molar-refractivity contribution is -0.124. The zero-order valence-electron chi connectivity index (χ0n) is 11.6. The summed E-state index contributed by atoms with van der Waals surface area (Å²) in [6.45, 7) is 1.34. The van der Waals surface area contributed by atoms with Gasteiger partial charge in [0.15, 0.2) is 0 Å². The van der Waals surface area contributed by atoms with Crippen molar-refractivity contribution in [3.8, 4) is 0 Å². The quantitative estimate of drug-likeness (QED) is 0.689. The first kappa shape index (κ1) is 14.3. The van der Waals surface area contributed by atoms with Crippen LogP contribution in [0.4, 0.5) is 0 Å². The minimum absolute atomic E-state index is 0.350. The number of benzene rings is 1. The molecule has 0 unspecified atom stereocenters. The van der Waals surface area contributed by atoms with Gasteiger partial charge in [0.1, 0.15) is 5.78 Å². The summed E-state index contributed by atoms with van der Waals surface area (Å²) in [7, 11) is 0. The van der Waals surface area contributed by atoms with Gasteiger partial charge in [0.2, 0.25) is 0 Å². The van der Waals surface area contributed by atoms with Gasteiger partial charge in [0.05, 0.1) is 6.61 Å². The van der Waals surface area contributed by atoms with Gasteiger partial charge in [-0.15, -0.1) is 0 Å². The Morgan fingerprint density at radius 1 is 1.11 bits per heavy atom. The highest BCUT2D eigenvalue weighted by atomic mass is 16.5. The van der Waals surface area contributed by atoms with Gasteiger partial charge < -0.3 is 4.74 Å². The van der Waals surface area contributed by atoms with Crippen LogP contribution in [0.2, 0.25) is 0 Å². The third kappa shape index (κ3) is 5.15. The molecule has 0 saturated heterocycles. The van der Waals surface area contributed by atoms with Crippen molar-refractivity contribution in [3.05, 3.63) is 35.9 Å². The van der Waals surface area contributed by atoms with Crippen LogP contribution < -0.4 is 0 Å². The van der Waals surface area contributed by atoms with Crippen molar-refractivity contribution in [1.82, 2.24) is 0 Å². The van der Waals surface area contributed by atoms with Crippen molar-refractivity contribution >= 4 is 5.78 Å². The first-order chi connectivity index (χ1) is 9.36. The fourth-order valence-corrected chi connectivity index (χ4v) is 2.74. The summed E-state index contributed by atoms with van der Waals surface area (Å²) in [5, 5.41) is 0. The molecule has 0 aromatic heterocycles. The summed E-state index contributed by atoms with van der Waals surface area (Å²) >= 11 is 0. The summed E-state index contributed by atoms with van der Waals surface area (Å²) in [4.78, 5) is 12.0. The molecule has 2 heteroatoms. The largest absolute Gasteiger partial charge is 0.377 e. The molecule has 1 fully saturated rings. The average Bonchev–Trinajstić information content (AvgIpc) is 2.49. The van der Waals surface area contributed by atoms with Gasteiger partial charge in [-0.2, -0.15) is 0 Å². The molecule has 0 atom stereocenters. The maximum absolute atomic E-state index is 12.0. The van der Waals surface area contributed by atoms with E-state index in [-0.39, 0.29) is 0 Å². The van der Waals surface area contributed by atoms with E-state index in [4.69, 9.17) is 4.74 Å². The van der Waals surface area contributed by atoms with Gasteiger partial charge in [-0.25, -0.2) is 0 Å². The highest BCUT2D eigenvalue weighted by Gasteiger charge is 2.20. The normalized spacial score (nSPS) is 16.4. The van der Waals surface area contributed by atoms with Crippen LogP contribution in [0.25, 0.3) is 0 Å². The number of carbonyl (C=O) groups is 1. The molecule has 2 rings (SSSR count). The standard InChI is InChI=1S/C17H24O2/c18-17(16-10-5-2-6-11-16)12-7-13-19-14-15-8-3-1-4-9-15/h1,3-4,8-9,16H,2,5-7,10-14H2. The predicted molar refractivity (Wildman–Crippen MR) is 76.9 cm³/mol. The van der Waals surface area contributed by atoms with Crippen molar-refractivity contribution in [2.45, 2.75) is 51.6 Å². The molecule has 0 amide bonds. The molecule has 1 aliphatic rings. The maximum Gasteiger partial charge on any atom is 0.136 e. The summed E-state index contributed by atoms with van der Waals surface area (Å²) in [6.07, 6.45) is 7.57. The zero-order chi connectivity index (χ0) is 13.3. The molecule has 1 saturated carbocycles. The fourth-order valence-electron chi connectivity index (χ4n) is 2.74. The average molecular weight is 260 g/mol. The molecule has 0 heterocycles. The molecule has 1 aromatic carbocycles. The first-order valence-corrected chi connectivity index (χ1v) is 7.50. The molecule has 0 radical (unpaired) electrons. The van der Waals surface area contributed by atoms with Crippen LogP contribution in [0, 0.1) is 5.92 Å². The van der Waals surface area contributed by atoms with Gasteiger partial charge >= 0.3 is 0 Å². The monoisotopic (exact) mass is 260 g/mol. The highest BCUT2D eigenvalue weighted by molar-refractivity contribution is 5.80. The number of Topliss-reactive ketones (excluding diaryl/α,β-unsaturated/α-hetero) is 1. The van der Waals surface area contributed by atoms with Crippen LogP contribution >= 0.6 is 0 Å². The molecule has 0 spiro atoms. The van der Waals surface area contributed by atoms with E-state index in [2.05, 4.69) is 12.1 Å². The molecule has 2 nitrogen and oxygen atoms in total. The van der Waals surface area contributed by atoms with Gasteiger partial charge in [-0.1, -0.05) is 49.6 Å². The smallest absolute Gasteiger partial charge is 0.136 e. The lowest BCUT2D eigenvalue weighted by Gasteiger charge is -2.20. The molecule has 19 heavy (non-hydrogen) atoms. The van der Waals surface area contributed by atoms with E-state index in [0.29, 0.717) is 31.3 Å². The Balaban J connectivity index is 1.55. The van der Waals surface area contributed by atoms with Crippen LogP contribution in [-0.2, 0) is 16.1 Å². The molecule has 104 valence electrons. The van der Waals surface area contributed by atoms with Crippen molar-refractivity contribution < 1.29 is 9.53 Å². The molecular weight excluding hydrogens is 236 g/mol. The van der Waals surface area contributed by atoms with E-state index in [1.165, 1.54) is 24.8 Å². The van der Waals surface area contributed by atoms with E-state index in [9.17, 15) is 4.79 Å². The van der Waals surface area contributed by atoms with Gasteiger partial charge in [0, 0.05) is 18.9 Å². The van der Waals surface area contributed by atoms with Gasteiger partial charge in [0.25, 0.3) is 0 Å². The number of carbonyl (C=O) groups excluding carboxylic acids is 1. The zero-order valence-corrected chi connectivity index (χ0v) is 11.6. The lowest BCUT2D eigenvalue weighted by Crippen LogP contribution is -2.17. The Kier molecular flexibility index (Phi) is 6.09. The Morgan fingerprint density at radius 2 is 1.84 bits per heavy atom. The topological polar surface area (TPSA) is 26.3 Å². The molecule has 0 N–H and O–H groups in total. The Labute approximate surface area is 116 Å². The van der Waals surface area contributed by atoms with Crippen molar-refractivity contribution in [2.24, 2.45) is 5.92 Å². The van der Waals surface area contributed by atoms with E-state index in [1.54, 1.807) is 0 Å². The molecule has 1 aliphatic carbocycles. The SMILES string of the molecule is O=C(CCCOCc1ccccc1)C1CCCCC1. The van der Waals surface area contributed by atoms with Crippen LogP contribution in [0.5, 0.6) is 0 Å². The fraction of sp³-hybridized carbons (Fsp3) is 0.588. The predicted octanol–water partition coefficient (Wildman–Crippen LogP) is 4.13. The van der Waals surface area contributed by atoms with Gasteiger partial charge in [-0.3, -0.25) is 4.79 Å². The number of rotatable bonds is 7. The molecule has 0 aliphatic heterocycles. The Hall–Kier alpha value is -1.15. The third-order valence-corrected chi connectivity index (χ3v) is 3.88. The summed E-state index contributed by atoms with van der Waals surface area (Å²) in [5.74, 6) is 0.811. The Bertz CT molecular complexity index is 366. The molecule has 0 bridgehead atoms. The number of ether oxygens (including phenoxy) is 1. The van der Waals surface area contributed by atoms with Crippen molar-refractivity contribution in [1.29, 1.82) is 0 Å². The van der Waals surface area contributed by atoms with Crippen LogP contribution in [0.3, 0.4) is 0 Å². The minimum atomic E-state index is 0.350. The second-order valence-electron chi connectivity index (χ2n) is 5.44. The van der Waals surface area contributed by atoms with Crippen LogP contribution in [0.1, 0.15) is 50.5 Å². The van der Waals surface area contributed by atoms with Crippen molar-refractivity contribution in [2.75, 3.05) is 6.61 Å². The first-order valence-electron chi connectivity index (χ1n) is 7.50. The Morgan fingerprint density at radius 3 is 2.58 bits per heavy atom. The minimum Gasteiger partial charge on any atom is -0.377 e. The van der Waals surface area contributed by atoms with Crippen molar-refractivity contribution in [3.63, 3.8) is 0 Å². The highest BCUT2D eigenvalue weighted by Crippen LogP contribution is 2.25. The van der Waals surface area contributed by atoms with E-state index >= 15 is 0 Å². The lowest BCUT2D eigenvalue weighted by atomic mass is 9.85. The van der Waals surface area contributed by atoms with Crippen LogP contribution in [-0.4, -0.2) is 12.4 Å². The number of hydrogen-bond donors (Lipinski definition) is 0. The molecule has 1 aromatic rings. The third-order valence-electron chi connectivity index (χ3n) is 3.88. The van der Waals surface area contributed by atoms with Gasteiger partial charge in [-0.05, 0) is 24.8 Å². The second kappa shape index (κ2) is 8.11. The summed E-state index contributed by atoms with van der Waals surface area (Å²) in [6, 6.07) is 10.2. The van der Waals surface area contributed by atoms with E-state index in [1.807, 2.05) is 18.2 Å². The summed E-state index contributed by atoms with van der Waals surface area (Å²) in [5.41, 5.74) is 1.20.